The van der Waals surface area contributed by atoms with Gasteiger partial charge in [0, 0.05) is 18.3 Å². The fourth-order valence-electron chi connectivity index (χ4n) is 3.66. The Morgan fingerprint density at radius 2 is 2.03 bits per heavy atom. The highest BCUT2D eigenvalue weighted by Gasteiger charge is 2.22. The number of ether oxygens (including phenoxy) is 2. The zero-order valence-electron chi connectivity index (χ0n) is 20.0. The van der Waals surface area contributed by atoms with Crippen molar-refractivity contribution in [1.82, 2.24) is 20.3 Å². The number of fused-ring (bicyclic) bond motifs is 1. The first kappa shape index (κ1) is 25.3. The summed E-state index contributed by atoms with van der Waals surface area (Å²) in [5.74, 6) is 5.21. The summed E-state index contributed by atoms with van der Waals surface area (Å²) in [5.41, 5.74) is 2.07. The van der Waals surface area contributed by atoms with Gasteiger partial charge in [0.1, 0.15) is 11.1 Å². The molecule has 1 amide bonds. The normalized spacial score (nSPS) is 12.4. The molecule has 2 aromatic carbocycles. The van der Waals surface area contributed by atoms with Gasteiger partial charge in [-0.05, 0) is 41.6 Å². The largest absolute Gasteiger partial charge is 0.496 e. The van der Waals surface area contributed by atoms with E-state index in [1.807, 2.05) is 5.92 Å². The fraction of sp³-hybridized carbons (Fsp3) is 0.160. The Hall–Kier alpha value is -4.76. The summed E-state index contributed by atoms with van der Waals surface area (Å²) in [6.07, 6.45) is 8.45. The van der Waals surface area contributed by atoms with Gasteiger partial charge in [0.25, 0.3) is 5.91 Å². The maximum Gasteiger partial charge on any atom is 0.339 e. The molecule has 190 valence electrons. The second-order valence-electron chi connectivity index (χ2n) is 7.84. The number of aromatic nitrogens is 3. The third-order valence-electron chi connectivity index (χ3n) is 5.34. The van der Waals surface area contributed by atoms with Crippen molar-refractivity contribution in [3.8, 4) is 18.1 Å². The lowest BCUT2D eigenvalue weighted by Gasteiger charge is -2.14. The Morgan fingerprint density at radius 1 is 1.24 bits per heavy atom. The summed E-state index contributed by atoms with van der Waals surface area (Å²) in [7, 11) is -0.508. The minimum absolute atomic E-state index is 0.122. The molecular formula is C25H23N5O6S. The van der Waals surface area contributed by atoms with Crippen LogP contribution < -0.4 is 14.8 Å². The minimum atomic E-state index is -3.24. The SMILES string of the molecule is C#CC(=O)NCc1cnn(Cc2cc(OC)c3c(NS(=C)(=O)c4ccccc4C(=O)OC)noc3c2)c1. The molecule has 11 nitrogen and oxygen atoms in total. The Balaban J connectivity index is 1.61. The van der Waals surface area contributed by atoms with Crippen LogP contribution in [0.1, 0.15) is 21.5 Å². The zero-order chi connectivity index (χ0) is 26.6. The molecule has 4 rings (SSSR count). The van der Waals surface area contributed by atoms with E-state index >= 15 is 0 Å². The van der Waals surface area contributed by atoms with E-state index in [-0.39, 0.29) is 22.8 Å². The third kappa shape index (κ3) is 5.41. The number of nitrogens with zero attached hydrogens (tertiary/aromatic N) is 3. The Morgan fingerprint density at radius 3 is 2.76 bits per heavy atom. The lowest BCUT2D eigenvalue weighted by atomic mass is 10.1. The second kappa shape index (κ2) is 10.5. The number of methoxy groups -OCH3 is 2. The van der Waals surface area contributed by atoms with Gasteiger partial charge in [-0.1, -0.05) is 17.3 Å². The summed E-state index contributed by atoms with van der Waals surface area (Å²) in [5, 5.41) is 11.4. The molecule has 0 radical (unpaired) electrons. The molecule has 2 N–H and O–H groups in total. The van der Waals surface area contributed by atoms with Crippen LogP contribution in [0.15, 0.2) is 58.2 Å². The minimum Gasteiger partial charge on any atom is -0.496 e. The smallest absolute Gasteiger partial charge is 0.339 e. The van der Waals surface area contributed by atoms with Crippen molar-refractivity contribution in [2.24, 2.45) is 0 Å². The number of amides is 1. The molecule has 2 heterocycles. The van der Waals surface area contributed by atoms with Crippen LogP contribution in [0.5, 0.6) is 5.75 Å². The van der Waals surface area contributed by atoms with Gasteiger partial charge in [0.2, 0.25) is 0 Å². The van der Waals surface area contributed by atoms with Crippen LogP contribution in [0, 0.1) is 12.3 Å². The summed E-state index contributed by atoms with van der Waals surface area (Å²) < 4.78 is 33.9. The average Bonchev–Trinajstić information content (AvgIpc) is 3.52. The second-order valence-corrected chi connectivity index (χ2v) is 9.84. The molecule has 0 fully saturated rings. The molecule has 0 aliphatic heterocycles. The Kier molecular flexibility index (Phi) is 7.17. The molecule has 1 atom stereocenters. The number of benzene rings is 2. The number of hydrogen-bond acceptors (Lipinski definition) is 8. The monoisotopic (exact) mass is 521 g/mol. The number of carbonyl (C=O) groups excluding carboxylic acids is 2. The maximum atomic E-state index is 13.6. The quantitative estimate of drug-likeness (QED) is 0.194. The molecule has 4 aromatic rings. The predicted molar refractivity (Wildman–Crippen MR) is 138 cm³/mol. The van der Waals surface area contributed by atoms with Gasteiger partial charge >= 0.3 is 5.97 Å². The number of nitrogens with one attached hydrogen (secondary N) is 2. The number of anilines is 1. The number of esters is 1. The van der Waals surface area contributed by atoms with Crippen molar-refractivity contribution in [1.29, 1.82) is 0 Å². The highest BCUT2D eigenvalue weighted by molar-refractivity contribution is 8.01. The van der Waals surface area contributed by atoms with Gasteiger partial charge < -0.3 is 19.3 Å². The summed E-state index contributed by atoms with van der Waals surface area (Å²) >= 11 is 0. The molecular weight excluding hydrogens is 498 g/mol. The van der Waals surface area contributed by atoms with Crippen molar-refractivity contribution in [3.05, 3.63) is 65.5 Å². The van der Waals surface area contributed by atoms with E-state index in [1.54, 1.807) is 41.3 Å². The van der Waals surface area contributed by atoms with E-state index in [9.17, 15) is 13.8 Å². The Bertz CT molecular complexity index is 1630. The van der Waals surface area contributed by atoms with E-state index in [1.165, 1.54) is 26.4 Å². The van der Waals surface area contributed by atoms with Gasteiger partial charge in [0.05, 0.1) is 47.1 Å². The number of terminal acetylenes is 1. The molecule has 12 heteroatoms. The van der Waals surface area contributed by atoms with Crippen molar-refractivity contribution < 1.29 is 27.8 Å². The number of rotatable bonds is 9. The molecule has 0 saturated carbocycles. The van der Waals surface area contributed by atoms with E-state index < -0.39 is 21.6 Å². The van der Waals surface area contributed by atoms with Crippen LogP contribution in [-0.2, 0) is 32.3 Å². The topological polar surface area (TPSA) is 138 Å². The van der Waals surface area contributed by atoms with Crippen molar-refractivity contribution in [3.63, 3.8) is 0 Å². The summed E-state index contributed by atoms with van der Waals surface area (Å²) in [6, 6.07) is 9.85. The van der Waals surface area contributed by atoms with Crippen LogP contribution in [0.2, 0.25) is 0 Å². The highest BCUT2D eigenvalue weighted by atomic mass is 32.2. The summed E-state index contributed by atoms with van der Waals surface area (Å²) in [4.78, 5) is 23.6. The maximum absolute atomic E-state index is 13.6. The first-order valence-electron chi connectivity index (χ1n) is 10.8. The fourth-order valence-corrected chi connectivity index (χ4v) is 5.03. The van der Waals surface area contributed by atoms with Crippen LogP contribution in [0.25, 0.3) is 11.0 Å². The Labute approximate surface area is 212 Å². The lowest BCUT2D eigenvalue weighted by Crippen LogP contribution is -2.20. The third-order valence-corrected chi connectivity index (χ3v) is 6.93. The standard InChI is InChI=1S/C25H23N5O6S/c1-5-22(31)26-12-17-13-27-30(15-17)14-16-10-19(34-2)23-20(11-16)36-28-24(23)29-37(4,33)21-9-7-6-8-18(21)25(32)35-3/h1,6-11,13,15H,4,12,14H2,2-3H3,(H,26,31)(H,28,29,33). The molecule has 0 aliphatic rings. The van der Waals surface area contributed by atoms with E-state index in [2.05, 4.69) is 26.2 Å². The van der Waals surface area contributed by atoms with E-state index in [0.29, 0.717) is 23.3 Å². The van der Waals surface area contributed by atoms with Crippen LogP contribution in [0.3, 0.4) is 0 Å². The molecule has 0 spiro atoms. The number of carbonyl (C=O) groups is 2. The van der Waals surface area contributed by atoms with Gasteiger partial charge in [0.15, 0.2) is 11.4 Å². The van der Waals surface area contributed by atoms with Crippen LogP contribution >= 0.6 is 0 Å². The van der Waals surface area contributed by atoms with Crippen molar-refractivity contribution >= 4 is 44.2 Å². The summed E-state index contributed by atoms with van der Waals surface area (Å²) in [6.45, 7) is 0.628. The van der Waals surface area contributed by atoms with Gasteiger partial charge in [-0.2, -0.15) is 5.10 Å². The first-order chi connectivity index (χ1) is 17.7. The molecule has 2 aromatic heterocycles. The van der Waals surface area contributed by atoms with E-state index in [0.717, 1.165) is 11.1 Å². The first-order valence-corrected chi connectivity index (χ1v) is 12.5. The van der Waals surface area contributed by atoms with Crippen LogP contribution in [-0.4, -0.2) is 51.1 Å². The zero-order valence-corrected chi connectivity index (χ0v) is 20.8. The van der Waals surface area contributed by atoms with Crippen LogP contribution in [0.4, 0.5) is 5.82 Å². The van der Waals surface area contributed by atoms with Crippen molar-refractivity contribution in [2.45, 2.75) is 18.0 Å². The van der Waals surface area contributed by atoms with Crippen molar-refractivity contribution in [2.75, 3.05) is 18.9 Å². The molecule has 0 saturated heterocycles. The molecule has 0 aliphatic carbocycles. The molecule has 1 unspecified atom stereocenters. The predicted octanol–water partition coefficient (Wildman–Crippen LogP) is 2.22. The van der Waals surface area contributed by atoms with Gasteiger partial charge in [-0.15, -0.1) is 6.42 Å². The van der Waals surface area contributed by atoms with Gasteiger partial charge in [-0.25, -0.2) is 9.00 Å². The number of hydrogen-bond donors (Lipinski definition) is 2. The lowest BCUT2D eigenvalue weighted by molar-refractivity contribution is -0.115. The van der Waals surface area contributed by atoms with E-state index in [4.69, 9.17) is 20.4 Å². The van der Waals surface area contributed by atoms with Gasteiger partial charge in [-0.3, -0.25) is 14.2 Å². The molecule has 0 bridgehead atoms. The highest BCUT2D eigenvalue weighted by Crippen LogP contribution is 2.35. The molecule has 37 heavy (non-hydrogen) atoms. The average molecular weight is 522 g/mol.